The van der Waals surface area contributed by atoms with E-state index in [2.05, 4.69) is 0 Å². The quantitative estimate of drug-likeness (QED) is 0.479. The van der Waals surface area contributed by atoms with Gasteiger partial charge in [0.05, 0.1) is 12.2 Å². The molecule has 0 aromatic heterocycles. The predicted octanol–water partition coefficient (Wildman–Crippen LogP) is 1.01. The molecule has 2 aliphatic rings. The number of hydrogen-bond acceptors (Lipinski definition) is 2. The van der Waals surface area contributed by atoms with Crippen LogP contribution in [0.2, 0.25) is 0 Å². The van der Waals surface area contributed by atoms with Crippen molar-refractivity contribution in [2.75, 3.05) is 0 Å². The molecule has 2 rings (SSSR count). The van der Waals surface area contributed by atoms with Gasteiger partial charge >= 0.3 is 0 Å². The Morgan fingerprint density at radius 2 is 1.55 bits per heavy atom. The highest BCUT2D eigenvalue weighted by atomic mass is 16.5. The van der Waals surface area contributed by atoms with Crippen LogP contribution >= 0.6 is 0 Å². The minimum absolute atomic E-state index is 0.00565. The number of ether oxygens (including phenoxy) is 1. The first-order valence-corrected chi connectivity index (χ1v) is 3.59. The van der Waals surface area contributed by atoms with Gasteiger partial charge in [-0.15, -0.1) is 0 Å². The average Bonchev–Trinajstić information content (AvgIpc) is 2.43. The lowest BCUT2D eigenvalue weighted by atomic mass is 10.2. The first kappa shape index (κ1) is 6.55. The fourth-order valence-corrected chi connectivity index (χ4v) is 1.15. The lowest BCUT2D eigenvalue weighted by molar-refractivity contribution is -0.110. The smallest absolute Gasteiger partial charge is 0.178 e. The van der Waals surface area contributed by atoms with Crippen LogP contribution in [0.1, 0.15) is 0 Å². The van der Waals surface area contributed by atoms with E-state index >= 15 is 0 Å². The van der Waals surface area contributed by atoms with Gasteiger partial charge in [0.2, 0.25) is 0 Å². The number of fused-ring (bicyclic) bond motifs is 2. The molecule has 11 heavy (non-hydrogen) atoms. The van der Waals surface area contributed by atoms with Crippen molar-refractivity contribution in [3.05, 3.63) is 36.5 Å². The normalized spacial score (nSPS) is 39.8. The zero-order chi connectivity index (χ0) is 7.68. The van der Waals surface area contributed by atoms with Crippen LogP contribution < -0.4 is 0 Å². The number of ketones is 1. The highest BCUT2D eigenvalue weighted by Crippen LogP contribution is 2.15. The molecule has 0 amide bonds. The fourth-order valence-electron chi connectivity index (χ4n) is 1.15. The summed E-state index contributed by atoms with van der Waals surface area (Å²) in [5, 5.41) is 0. The highest BCUT2D eigenvalue weighted by molar-refractivity contribution is 5.99. The largest absolute Gasteiger partial charge is 0.359 e. The van der Waals surface area contributed by atoms with Crippen molar-refractivity contribution >= 4 is 5.78 Å². The molecule has 2 atom stereocenters. The van der Waals surface area contributed by atoms with Gasteiger partial charge in [-0.05, 0) is 24.3 Å². The molecule has 0 aromatic carbocycles. The zero-order valence-corrected chi connectivity index (χ0v) is 5.94. The topological polar surface area (TPSA) is 26.3 Å². The molecule has 0 radical (unpaired) electrons. The Bertz CT molecular complexity index is 237. The van der Waals surface area contributed by atoms with E-state index in [9.17, 15) is 4.79 Å². The number of carbonyl (C=O) groups is 1. The van der Waals surface area contributed by atoms with Gasteiger partial charge in [0.1, 0.15) is 0 Å². The summed E-state index contributed by atoms with van der Waals surface area (Å²) in [6.07, 6.45) is 10.5. The molecule has 0 fully saturated rings. The van der Waals surface area contributed by atoms with Gasteiger partial charge in [0, 0.05) is 0 Å². The molecule has 0 saturated carbocycles. The van der Waals surface area contributed by atoms with Crippen molar-refractivity contribution in [2.45, 2.75) is 12.2 Å². The maximum atomic E-state index is 10.9. The van der Waals surface area contributed by atoms with E-state index in [0.717, 1.165) is 0 Å². The minimum atomic E-state index is -0.00565. The average molecular weight is 148 g/mol. The molecule has 0 aromatic rings. The van der Waals surface area contributed by atoms with Crippen molar-refractivity contribution in [3.63, 3.8) is 0 Å². The third kappa shape index (κ3) is 1.30. The molecule has 2 bridgehead atoms. The van der Waals surface area contributed by atoms with Gasteiger partial charge in [-0.2, -0.15) is 0 Å². The summed E-state index contributed by atoms with van der Waals surface area (Å²) in [7, 11) is 0. The maximum absolute atomic E-state index is 10.9. The lowest BCUT2D eigenvalue weighted by Gasteiger charge is -2.08. The van der Waals surface area contributed by atoms with Crippen LogP contribution in [0.3, 0.4) is 0 Å². The van der Waals surface area contributed by atoms with Crippen LogP contribution in [0.15, 0.2) is 36.5 Å². The van der Waals surface area contributed by atoms with Crippen LogP contribution in [-0.4, -0.2) is 18.0 Å². The first-order chi connectivity index (χ1) is 5.34. The van der Waals surface area contributed by atoms with Crippen LogP contribution in [-0.2, 0) is 9.53 Å². The van der Waals surface area contributed by atoms with E-state index < -0.39 is 0 Å². The SMILES string of the molecule is O=C1/C=C\[C@H]2C=C[C@@H](/C=C\1)O2. The molecule has 2 heteroatoms. The van der Waals surface area contributed by atoms with Gasteiger partial charge in [-0.25, -0.2) is 0 Å². The maximum Gasteiger partial charge on any atom is 0.178 e. The molecular formula is C9H8O2. The summed E-state index contributed by atoms with van der Waals surface area (Å²) in [6, 6.07) is 0. The van der Waals surface area contributed by atoms with Crippen LogP contribution in [0, 0.1) is 0 Å². The van der Waals surface area contributed by atoms with E-state index in [1.54, 1.807) is 12.2 Å². The molecule has 0 spiro atoms. The van der Waals surface area contributed by atoms with Crippen LogP contribution in [0.5, 0.6) is 0 Å². The molecule has 2 aliphatic heterocycles. The summed E-state index contributed by atoms with van der Waals surface area (Å²) >= 11 is 0. The molecule has 0 saturated heterocycles. The molecule has 56 valence electrons. The lowest BCUT2D eigenvalue weighted by Crippen LogP contribution is -2.10. The van der Waals surface area contributed by atoms with Crippen LogP contribution in [0.25, 0.3) is 0 Å². The number of allylic oxidation sites excluding steroid dienone is 2. The van der Waals surface area contributed by atoms with Gasteiger partial charge in [-0.3, -0.25) is 4.79 Å². The summed E-state index contributed by atoms with van der Waals surface area (Å²) < 4.78 is 5.41. The molecule has 2 nitrogen and oxygen atoms in total. The minimum Gasteiger partial charge on any atom is -0.359 e. The van der Waals surface area contributed by atoms with Crippen molar-refractivity contribution in [3.8, 4) is 0 Å². The summed E-state index contributed by atoms with van der Waals surface area (Å²) in [6.45, 7) is 0. The van der Waals surface area contributed by atoms with Gasteiger partial charge in [0.15, 0.2) is 5.78 Å². The van der Waals surface area contributed by atoms with Crippen molar-refractivity contribution in [2.24, 2.45) is 0 Å². The summed E-state index contributed by atoms with van der Waals surface area (Å²) in [4.78, 5) is 10.9. The van der Waals surface area contributed by atoms with E-state index in [1.165, 1.54) is 12.2 Å². The highest BCUT2D eigenvalue weighted by Gasteiger charge is 2.15. The summed E-state index contributed by atoms with van der Waals surface area (Å²) in [5.74, 6) is 0.0343. The Morgan fingerprint density at radius 1 is 1.00 bits per heavy atom. The Morgan fingerprint density at radius 3 is 2.09 bits per heavy atom. The molecule has 0 aliphatic carbocycles. The third-order valence-electron chi connectivity index (χ3n) is 1.71. The van der Waals surface area contributed by atoms with E-state index in [1.807, 2.05) is 12.2 Å². The second-order valence-electron chi connectivity index (χ2n) is 2.57. The van der Waals surface area contributed by atoms with Gasteiger partial charge in [-0.1, -0.05) is 12.2 Å². The standard InChI is InChI=1S/C9H8O2/c10-7-1-3-8-5-6-9(11-8)4-2-7/h1-6,8-9H/b3-1-,4-2-/t8-,9+. The van der Waals surface area contributed by atoms with Crippen molar-refractivity contribution in [1.29, 1.82) is 0 Å². The molecule has 0 N–H and O–H groups in total. The van der Waals surface area contributed by atoms with Crippen molar-refractivity contribution < 1.29 is 9.53 Å². The van der Waals surface area contributed by atoms with Gasteiger partial charge < -0.3 is 4.74 Å². The molecule has 2 heterocycles. The monoisotopic (exact) mass is 148 g/mol. The Kier molecular flexibility index (Phi) is 1.47. The fraction of sp³-hybridized carbons (Fsp3) is 0.222. The van der Waals surface area contributed by atoms with Crippen molar-refractivity contribution in [1.82, 2.24) is 0 Å². The molecular weight excluding hydrogens is 140 g/mol. The first-order valence-electron chi connectivity index (χ1n) is 3.59. The predicted molar refractivity (Wildman–Crippen MR) is 41.1 cm³/mol. The Hall–Kier alpha value is -1.15. The van der Waals surface area contributed by atoms with Gasteiger partial charge in [0.25, 0.3) is 0 Å². The second-order valence-corrected chi connectivity index (χ2v) is 2.57. The van der Waals surface area contributed by atoms with Crippen LogP contribution in [0.4, 0.5) is 0 Å². The molecule has 0 unspecified atom stereocenters. The number of carbonyl (C=O) groups excluding carboxylic acids is 1. The Labute approximate surface area is 64.9 Å². The second kappa shape index (κ2) is 2.47. The number of hydrogen-bond donors (Lipinski definition) is 0. The zero-order valence-electron chi connectivity index (χ0n) is 5.94. The number of rotatable bonds is 0. The van der Waals surface area contributed by atoms with E-state index in [0.29, 0.717) is 0 Å². The van der Waals surface area contributed by atoms with E-state index in [4.69, 9.17) is 4.74 Å². The third-order valence-corrected chi connectivity index (χ3v) is 1.71. The summed E-state index contributed by atoms with van der Waals surface area (Å²) in [5.41, 5.74) is 0. The van der Waals surface area contributed by atoms with E-state index in [-0.39, 0.29) is 18.0 Å². The Balaban J connectivity index is 2.29.